The number of carbonyl (C=O) groups is 1. The van der Waals surface area contributed by atoms with E-state index < -0.39 is 6.16 Å². The molecule has 1 unspecified atom stereocenters. The average Bonchev–Trinajstić information content (AvgIpc) is 2.35. The largest absolute Gasteiger partial charge is 0.508 e. The van der Waals surface area contributed by atoms with Crippen molar-refractivity contribution in [2.24, 2.45) is 11.8 Å². The summed E-state index contributed by atoms with van der Waals surface area (Å²) in [4.78, 5) is 11.3. The van der Waals surface area contributed by atoms with Crippen molar-refractivity contribution < 1.29 is 14.3 Å². The van der Waals surface area contributed by atoms with Crippen LogP contribution in [-0.4, -0.2) is 19.4 Å². The molecular formula is C15H30O3. The highest BCUT2D eigenvalue weighted by Crippen LogP contribution is 2.15. The van der Waals surface area contributed by atoms with Crippen molar-refractivity contribution in [2.75, 3.05) is 13.2 Å². The van der Waals surface area contributed by atoms with Crippen LogP contribution in [0.15, 0.2) is 0 Å². The van der Waals surface area contributed by atoms with Gasteiger partial charge in [-0.1, -0.05) is 59.8 Å². The summed E-state index contributed by atoms with van der Waals surface area (Å²) in [7, 11) is 0. The monoisotopic (exact) mass is 258 g/mol. The maximum absolute atomic E-state index is 11.3. The van der Waals surface area contributed by atoms with Crippen LogP contribution in [0.2, 0.25) is 0 Å². The zero-order valence-corrected chi connectivity index (χ0v) is 12.5. The summed E-state index contributed by atoms with van der Waals surface area (Å²) in [5.74, 6) is 0.835. The van der Waals surface area contributed by atoms with Crippen LogP contribution in [0.25, 0.3) is 0 Å². The zero-order chi connectivity index (χ0) is 13.8. The van der Waals surface area contributed by atoms with Crippen molar-refractivity contribution in [2.45, 2.75) is 66.2 Å². The second-order valence-corrected chi connectivity index (χ2v) is 5.39. The Labute approximate surface area is 112 Å². The molecule has 0 aromatic carbocycles. The normalized spacial score (nSPS) is 12.5. The minimum Gasteiger partial charge on any atom is -0.434 e. The molecular weight excluding hydrogens is 228 g/mol. The molecule has 0 aromatic rings. The third kappa shape index (κ3) is 10.4. The summed E-state index contributed by atoms with van der Waals surface area (Å²) < 4.78 is 10.1. The van der Waals surface area contributed by atoms with Crippen molar-refractivity contribution in [3.8, 4) is 0 Å². The van der Waals surface area contributed by atoms with Crippen LogP contribution < -0.4 is 0 Å². The van der Waals surface area contributed by atoms with E-state index in [1.165, 1.54) is 25.7 Å². The van der Waals surface area contributed by atoms with Crippen LogP contribution in [0.5, 0.6) is 0 Å². The zero-order valence-electron chi connectivity index (χ0n) is 12.5. The second-order valence-electron chi connectivity index (χ2n) is 5.39. The summed E-state index contributed by atoms with van der Waals surface area (Å²) in [5, 5.41) is 0. The van der Waals surface area contributed by atoms with Gasteiger partial charge in [-0.15, -0.1) is 0 Å². The highest BCUT2D eigenvalue weighted by molar-refractivity contribution is 5.59. The highest BCUT2D eigenvalue weighted by atomic mass is 16.7. The standard InChI is InChI=1S/C15H30O3/c1-5-7-8-9-10-14(6-2)12-18-15(16)17-11-13(3)4/h13-14H,5-12H2,1-4H3. The lowest BCUT2D eigenvalue weighted by Crippen LogP contribution is -2.16. The van der Waals surface area contributed by atoms with E-state index in [0.29, 0.717) is 25.0 Å². The van der Waals surface area contributed by atoms with Gasteiger partial charge in [0, 0.05) is 0 Å². The molecule has 0 heterocycles. The molecule has 0 fully saturated rings. The molecule has 0 aliphatic heterocycles. The quantitative estimate of drug-likeness (QED) is 0.417. The number of unbranched alkanes of at least 4 members (excludes halogenated alkanes) is 3. The fourth-order valence-corrected chi connectivity index (χ4v) is 1.73. The Morgan fingerprint density at radius 3 is 2.22 bits per heavy atom. The number of hydrogen-bond donors (Lipinski definition) is 0. The third-order valence-corrected chi connectivity index (χ3v) is 3.01. The van der Waals surface area contributed by atoms with E-state index in [2.05, 4.69) is 13.8 Å². The smallest absolute Gasteiger partial charge is 0.434 e. The first kappa shape index (κ1) is 17.3. The summed E-state index contributed by atoms with van der Waals surface area (Å²) in [5.41, 5.74) is 0. The van der Waals surface area contributed by atoms with Gasteiger partial charge in [0.05, 0.1) is 13.2 Å². The maximum Gasteiger partial charge on any atom is 0.508 e. The summed E-state index contributed by atoms with van der Waals surface area (Å²) in [6, 6.07) is 0. The van der Waals surface area contributed by atoms with Gasteiger partial charge in [-0.05, 0) is 18.3 Å². The molecule has 0 amide bonds. The first-order valence-corrected chi connectivity index (χ1v) is 7.39. The Morgan fingerprint density at radius 2 is 1.67 bits per heavy atom. The van der Waals surface area contributed by atoms with Gasteiger partial charge in [-0.25, -0.2) is 4.79 Å². The van der Waals surface area contributed by atoms with Crippen LogP contribution >= 0.6 is 0 Å². The van der Waals surface area contributed by atoms with E-state index >= 15 is 0 Å². The van der Waals surface area contributed by atoms with E-state index in [4.69, 9.17) is 9.47 Å². The number of rotatable bonds is 10. The van der Waals surface area contributed by atoms with Gasteiger partial charge in [0.25, 0.3) is 0 Å². The number of ether oxygens (including phenoxy) is 2. The molecule has 0 radical (unpaired) electrons. The molecule has 3 heteroatoms. The van der Waals surface area contributed by atoms with E-state index in [-0.39, 0.29) is 0 Å². The number of hydrogen-bond acceptors (Lipinski definition) is 3. The van der Waals surface area contributed by atoms with Gasteiger partial charge in [0.2, 0.25) is 0 Å². The fraction of sp³-hybridized carbons (Fsp3) is 0.933. The minimum absolute atomic E-state index is 0.355. The van der Waals surface area contributed by atoms with Gasteiger partial charge in [-0.3, -0.25) is 0 Å². The molecule has 3 nitrogen and oxygen atoms in total. The van der Waals surface area contributed by atoms with Crippen molar-refractivity contribution >= 4 is 6.16 Å². The fourth-order valence-electron chi connectivity index (χ4n) is 1.73. The molecule has 0 aromatic heterocycles. The molecule has 0 N–H and O–H groups in total. The van der Waals surface area contributed by atoms with Gasteiger partial charge in [0.1, 0.15) is 0 Å². The van der Waals surface area contributed by atoms with Crippen molar-refractivity contribution in [1.29, 1.82) is 0 Å². The Kier molecular flexibility index (Phi) is 10.9. The van der Waals surface area contributed by atoms with E-state index in [0.717, 1.165) is 12.8 Å². The summed E-state index contributed by atoms with van der Waals surface area (Å²) in [6.45, 7) is 9.32. The molecule has 18 heavy (non-hydrogen) atoms. The van der Waals surface area contributed by atoms with Gasteiger partial charge < -0.3 is 9.47 Å². The molecule has 0 saturated carbocycles. The third-order valence-electron chi connectivity index (χ3n) is 3.01. The molecule has 0 rings (SSSR count). The van der Waals surface area contributed by atoms with Crippen molar-refractivity contribution in [3.63, 3.8) is 0 Å². The summed E-state index contributed by atoms with van der Waals surface area (Å²) in [6.07, 6.45) is 6.76. The summed E-state index contributed by atoms with van der Waals surface area (Å²) >= 11 is 0. The SMILES string of the molecule is CCCCCCC(CC)COC(=O)OCC(C)C. The van der Waals surface area contributed by atoms with E-state index in [1.807, 2.05) is 13.8 Å². The Hall–Kier alpha value is -0.730. The van der Waals surface area contributed by atoms with Crippen molar-refractivity contribution in [3.05, 3.63) is 0 Å². The first-order chi connectivity index (χ1) is 8.60. The number of carbonyl (C=O) groups excluding carboxylic acids is 1. The molecule has 108 valence electrons. The molecule has 0 bridgehead atoms. The highest BCUT2D eigenvalue weighted by Gasteiger charge is 2.11. The lowest BCUT2D eigenvalue weighted by Gasteiger charge is -2.15. The minimum atomic E-state index is -0.518. The Balaban J connectivity index is 3.62. The molecule has 0 spiro atoms. The Morgan fingerprint density at radius 1 is 1.00 bits per heavy atom. The van der Waals surface area contributed by atoms with Crippen LogP contribution in [0.1, 0.15) is 66.2 Å². The van der Waals surface area contributed by atoms with E-state index in [9.17, 15) is 4.79 Å². The van der Waals surface area contributed by atoms with Crippen molar-refractivity contribution in [1.82, 2.24) is 0 Å². The second kappa shape index (κ2) is 11.4. The van der Waals surface area contributed by atoms with Gasteiger partial charge >= 0.3 is 6.16 Å². The topological polar surface area (TPSA) is 35.5 Å². The predicted molar refractivity (Wildman–Crippen MR) is 74.7 cm³/mol. The molecule has 1 atom stereocenters. The average molecular weight is 258 g/mol. The molecule has 0 aliphatic carbocycles. The van der Waals surface area contributed by atoms with Crippen LogP contribution in [0.3, 0.4) is 0 Å². The molecule has 0 aliphatic rings. The van der Waals surface area contributed by atoms with Crippen LogP contribution in [0.4, 0.5) is 4.79 Å². The Bertz CT molecular complexity index is 202. The van der Waals surface area contributed by atoms with Gasteiger partial charge in [0.15, 0.2) is 0 Å². The van der Waals surface area contributed by atoms with Gasteiger partial charge in [-0.2, -0.15) is 0 Å². The van der Waals surface area contributed by atoms with Crippen LogP contribution in [-0.2, 0) is 9.47 Å². The lowest BCUT2D eigenvalue weighted by atomic mass is 9.99. The van der Waals surface area contributed by atoms with E-state index in [1.54, 1.807) is 0 Å². The maximum atomic E-state index is 11.3. The molecule has 0 saturated heterocycles. The van der Waals surface area contributed by atoms with Crippen LogP contribution in [0, 0.1) is 11.8 Å². The lowest BCUT2D eigenvalue weighted by molar-refractivity contribution is 0.0358. The predicted octanol–water partition coefficient (Wildman–Crippen LogP) is 4.79. The first-order valence-electron chi connectivity index (χ1n) is 7.39.